The Labute approximate surface area is 114 Å². The van der Waals surface area contributed by atoms with Crippen molar-refractivity contribution in [3.63, 3.8) is 0 Å². The van der Waals surface area contributed by atoms with E-state index < -0.39 is 22.0 Å². The maximum Gasteiger partial charge on any atom is 0.327 e. The van der Waals surface area contributed by atoms with Crippen molar-refractivity contribution in [1.29, 1.82) is 0 Å². The molecule has 0 saturated heterocycles. The van der Waals surface area contributed by atoms with Crippen molar-refractivity contribution in [2.24, 2.45) is 0 Å². The first-order chi connectivity index (χ1) is 7.73. The predicted octanol–water partition coefficient (Wildman–Crippen LogP) is 1.53. The smallest absolute Gasteiger partial charge is 0.327 e. The summed E-state index contributed by atoms with van der Waals surface area (Å²) >= 11 is 2.09. The molecule has 0 fully saturated rings. The standard InChI is InChI=1S/C10H12INO4S/c1-7(10(13)14)12(17(2,15)16)9-5-3-8(11)4-6-9/h3-7H,1-2H3,(H,13,14). The van der Waals surface area contributed by atoms with Gasteiger partial charge in [0.15, 0.2) is 0 Å². The molecule has 94 valence electrons. The molecule has 1 atom stereocenters. The summed E-state index contributed by atoms with van der Waals surface area (Å²) in [6.07, 6.45) is 0.990. The lowest BCUT2D eigenvalue weighted by Crippen LogP contribution is -2.42. The molecule has 0 aromatic heterocycles. The van der Waals surface area contributed by atoms with Crippen LogP contribution in [-0.2, 0) is 14.8 Å². The van der Waals surface area contributed by atoms with E-state index in [4.69, 9.17) is 5.11 Å². The zero-order valence-electron chi connectivity index (χ0n) is 9.29. The molecule has 0 radical (unpaired) electrons. The molecular weight excluding hydrogens is 357 g/mol. The highest BCUT2D eigenvalue weighted by atomic mass is 127. The van der Waals surface area contributed by atoms with Crippen LogP contribution < -0.4 is 4.31 Å². The summed E-state index contributed by atoms with van der Waals surface area (Å²) in [4.78, 5) is 10.9. The molecule has 0 aliphatic rings. The normalized spacial score (nSPS) is 13.1. The fourth-order valence-corrected chi connectivity index (χ4v) is 2.92. The molecule has 0 heterocycles. The number of aliphatic carboxylic acids is 1. The van der Waals surface area contributed by atoms with Gasteiger partial charge in [-0.15, -0.1) is 0 Å². The van der Waals surface area contributed by atoms with Crippen LogP contribution >= 0.6 is 22.6 Å². The largest absolute Gasteiger partial charge is 0.480 e. The number of carboxylic acid groups (broad SMARTS) is 1. The van der Waals surface area contributed by atoms with Crippen LogP contribution in [0, 0.1) is 3.57 Å². The monoisotopic (exact) mass is 369 g/mol. The number of rotatable bonds is 4. The van der Waals surface area contributed by atoms with Crippen LogP contribution in [0.2, 0.25) is 0 Å². The fraction of sp³-hybridized carbons (Fsp3) is 0.300. The topological polar surface area (TPSA) is 74.7 Å². The van der Waals surface area contributed by atoms with Gasteiger partial charge in [0.25, 0.3) is 0 Å². The molecule has 17 heavy (non-hydrogen) atoms. The molecule has 0 aliphatic carbocycles. The number of hydrogen-bond donors (Lipinski definition) is 1. The SMILES string of the molecule is CC(C(=O)O)N(c1ccc(I)cc1)S(C)(=O)=O. The average Bonchev–Trinajstić information content (AvgIpc) is 2.19. The number of benzene rings is 1. The molecule has 1 aromatic rings. The van der Waals surface area contributed by atoms with Crippen LogP contribution in [0.3, 0.4) is 0 Å². The third-order valence-corrected chi connectivity index (χ3v) is 4.11. The molecule has 0 aliphatic heterocycles. The van der Waals surface area contributed by atoms with Crippen LogP contribution in [0.5, 0.6) is 0 Å². The van der Waals surface area contributed by atoms with Gasteiger partial charge in [-0.2, -0.15) is 0 Å². The first kappa shape index (κ1) is 14.2. The molecule has 1 rings (SSSR count). The van der Waals surface area contributed by atoms with Crippen molar-refractivity contribution in [3.8, 4) is 0 Å². The third-order valence-electron chi connectivity index (χ3n) is 2.15. The predicted molar refractivity (Wildman–Crippen MR) is 73.6 cm³/mol. The average molecular weight is 369 g/mol. The Bertz CT molecular complexity index is 512. The summed E-state index contributed by atoms with van der Waals surface area (Å²) in [7, 11) is -3.63. The van der Waals surface area contributed by atoms with E-state index in [9.17, 15) is 13.2 Å². The van der Waals surface area contributed by atoms with E-state index in [0.29, 0.717) is 5.69 Å². The number of sulfonamides is 1. The van der Waals surface area contributed by atoms with Gasteiger partial charge in [-0.3, -0.25) is 4.31 Å². The molecule has 0 saturated carbocycles. The fourth-order valence-electron chi connectivity index (χ4n) is 1.39. The Morgan fingerprint density at radius 2 is 1.82 bits per heavy atom. The highest BCUT2D eigenvalue weighted by Crippen LogP contribution is 2.21. The van der Waals surface area contributed by atoms with Gasteiger partial charge < -0.3 is 5.11 Å². The molecular formula is C10H12INO4S. The van der Waals surface area contributed by atoms with Crippen LogP contribution in [0.4, 0.5) is 5.69 Å². The Morgan fingerprint density at radius 1 is 1.35 bits per heavy atom. The first-order valence-electron chi connectivity index (χ1n) is 4.71. The summed E-state index contributed by atoms with van der Waals surface area (Å²) in [5, 5.41) is 8.92. The summed E-state index contributed by atoms with van der Waals surface area (Å²) in [6.45, 7) is 1.33. The summed E-state index contributed by atoms with van der Waals surface area (Å²) in [6, 6.07) is 5.49. The molecule has 5 nitrogen and oxygen atoms in total. The van der Waals surface area contributed by atoms with Gasteiger partial charge in [-0.05, 0) is 53.8 Å². The van der Waals surface area contributed by atoms with Crippen molar-refractivity contribution in [1.82, 2.24) is 0 Å². The van der Waals surface area contributed by atoms with Gasteiger partial charge in [0.1, 0.15) is 6.04 Å². The van der Waals surface area contributed by atoms with E-state index in [0.717, 1.165) is 14.1 Å². The second-order valence-corrected chi connectivity index (χ2v) is 6.65. The number of halogens is 1. The van der Waals surface area contributed by atoms with Crippen LogP contribution in [0.25, 0.3) is 0 Å². The molecule has 0 spiro atoms. The second kappa shape index (κ2) is 5.21. The maximum absolute atomic E-state index is 11.6. The highest BCUT2D eigenvalue weighted by Gasteiger charge is 2.28. The van der Waals surface area contributed by atoms with E-state index in [-0.39, 0.29) is 0 Å². The van der Waals surface area contributed by atoms with E-state index in [1.165, 1.54) is 6.92 Å². The van der Waals surface area contributed by atoms with Crippen molar-refractivity contribution in [2.75, 3.05) is 10.6 Å². The lowest BCUT2D eigenvalue weighted by molar-refractivity contribution is -0.137. The Kier molecular flexibility index (Phi) is 4.36. The van der Waals surface area contributed by atoms with Crippen LogP contribution in [0.1, 0.15) is 6.92 Å². The zero-order valence-corrected chi connectivity index (χ0v) is 12.3. The molecule has 1 aromatic carbocycles. The molecule has 7 heteroatoms. The van der Waals surface area contributed by atoms with Gasteiger partial charge >= 0.3 is 5.97 Å². The lowest BCUT2D eigenvalue weighted by atomic mass is 10.2. The highest BCUT2D eigenvalue weighted by molar-refractivity contribution is 14.1. The van der Waals surface area contributed by atoms with Crippen LogP contribution in [-0.4, -0.2) is 31.8 Å². The van der Waals surface area contributed by atoms with Crippen molar-refractivity contribution >= 4 is 44.3 Å². The quantitative estimate of drug-likeness (QED) is 0.817. The number of hydrogen-bond acceptors (Lipinski definition) is 3. The van der Waals surface area contributed by atoms with Gasteiger partial charge in [-0.25, -0.2) is 13.2 Å². The minimum atomic E-state index is -3.63. The minimum Gasteiger partial charge on any atom is -0.480 e. The number of anilines is 1. The minimum absolute atomic E-state index is 0.350. The van der Waals surface area contributed by atoms with Crippen molar-refractivity contribution in [3.05, 3.63) is 27.8 Å². The van der Waals surface area contributed by atoms with Crippen molar-refractivity contribution in [2.45, 2.75) is 13.0 Å². The summed E-state index contributed by atoms with van der Waals surface area (Å²) in [5.74, 6) is -1.19. The second-order valence-electron chi connectivity index (χ2n) is 3.55. The zero-order chi connectivity index (χ0) is 13.2. The van der Waals surface area contributed by atoms with Crippen LogP contribution in [0.15, 0.2) is 24.3 Å². The molecule has 1 unspecified atom stereocenters. The Balaban J connectivity index is 3.25. The molecule has 0 bridgehead atoms. The van der Waals surface area contributed by atoms with E-state index in [1.807, 2.05) is 0 Å². The number of carbonyl (C=O) groups is 1. The maximum atomic E-state index is 11.6. The third kappa shape index (κ3) is 3.56. The van der Waals surface area contributed by atoms with E-state index >= 15 is 0 Å². The number of carboxylic acids is 1. The lowest BCUT2D eigenvalue weighted by Gasteiger charge is -2.26. The molecule has 1 N–H and O–H groups in total. The Morgan fingerprint density at radius 3 is 2.18 bits per heavy atom. The first-order valence-corrected chi connectivity index (χ1v) is 7.64. The van der Waals surface area contributed by atoms with E-state index in [1.54, 1.807) is 24.3 Å². The summed E-state index contributed by atoms with van der Waals surface area (Å²) < 4.78 is 25.1. The van der Waals surface area contributed by atoms with Gasteiger partial charge in [0.05, 0.1) is 11.9 Å². The van der Waals surface area contributed by atoms with Gasteiger partial charge in [0, 0.05) is 3.57 Å². The van der Waals surface area contributed by atoms with Gasteiger partial charge in [0.2, 0.25) is 10.0 Å². The van der Waals surface area contributed by atoms with Crippen molar-refractivity contribution < 1.29 is 18.3 Å². The van der Waals surface area contributed by atoms with E-state index in [2.05, 4.69) is 22.6 Å². The Hall–Kier alpha value is -0.830. The van der Waals surface area contributed by atoms with Gasteiger partial charge in [-0.1, -0.05) is 0 Å². The summed E-state index contributed by atoms with van der Waals surface area (Å²) in [5.41, 5.74) is 0.350. The molecule has 0 amide bonds. The number of nitrogens with zero attached hydrogens (tertiary/aromatic N) is 1.